The number of halogens is 4. The van der Waals surface area contributed by atoms with Crippen LogP contribution in [0, 0.1) is 69.0 Å². The molecule has 296 valence electrons. The lowest BCUT2D eigenvalue weighted by Crippen LogP contribution is -2.61. The SMILES string of the molecule is CC(=O)O[C@@H]1CC[C@]2(C)C3CC[C@@]4(C)C(CC[C@@H]4OC(C)=O)[C@@H]3CC(F)(F)[C@H]2C1.C[C@]12CCC3[C@@H](CC(F)(F)[C@H]4C[C@H](O)CC[C@]34C)C1CC[C@@H]2O. The van der Waals surface area contributed by atoms with E-state index in [0.29, 0.717) is 25.2 Å². The van der Waals surface area contributed by atoms with Gasteiger partial charge in [-0.2, -0.15) is 0 Å². The van der Waals surface area contributed by atoms with E-state index >= 15 is 17.6 Å². The molecule has 0 aromatic heterocycles. The van der Waals surface area contributed by atoms with Gasteiger partial charge in [0.15, 0.2) is 0 Å². The Bertz CT molecular complexity index is 1390. The first-order valence-corrected chi connectivity index (χ1v) is 20.6. The van der Waals surface area contributed by atoms with Crippen LogP contribution >= 0.6 is 0 Å². The first kappa shape index (κ1) is 38.8. The molecule has 0 amide bonds. The van der Waals surface area contributed by atoms with Crippen molar-refractivity contribution in [2.24, 2.45) is 69.0 Å². The fourth-order valence-electron chi connectivity index (χ4n) is 15.2. The summed E-state index contributed by atoms with van der Waals surface area (Å²) in [4.78, 5) is 22.9. The molecule has 6 nitrogen and oxygen atoms in total. The third-order valence-corrected chi connectivity index (χ3v) is 17.7. The van der Waals surface area contributed by atoms with Crippen molar-refractivity contribution in [2.75, 3.05) is 0 Å². The fraction of sp³-hybridized carbons (Fsp3) is 0.952. The molecule has 0 heterocycles. The summed E-state index contributed by atoms with van der Waals surface area (Å²) < 4.78 is 72.1. The van der Waals surface area contributed by atoms with Crippen molar-refractivity contribution in [3.05, 3.63) is 0 Å². The van der Waals surface area contributed by atoms with Gasteiger partial charge in [-0.1, -0.05) is 27.7 Å². The average molecular weight is 741 g/mol. The molecule has 0 spiro atoms. The zero-order valence-electron chi connectivity index (χ0n) is 32.3. The summed E-state index contributed by atoms with van der Waals surface area (Å²) in [5.74, 6) is -6.46. The van der Waals surface area contributed by atoms with E-state index in [4.69, 9.17) is 9.47 Å². The molecule has 0 radical (unpaired) electrons. The quantitative estimate of drug-likeness (QED) is 0.217. The van der Waals surface area contributed by atoms with Crippen LogP contribution < -0.4 is 0 Å². The highest BCUT2D eigenvalue weighted by molar-refractivity contribution is 5.66. The van der Waals surface area contributed by atoms with Crippen LogP contribution in [-0.2, 0) is 19.1 Å². The Morgan fingerprint density at radius 1 is 0.558 bits per heavy atom. The third kappa shape index (κ3) is 6.07. The van der Waals surface area contributed by atoms with Crippen molar-refractivity contribution in [3.8, 4) is 0 Å². The largest absolute Gasteiger partial charge is 0.463 e. The number of esters is 2. The van der Waals surface area contributed by atoms with E-state index in [2.05, 4.69) is 27.7 Å². The smallest absolute Gasteiger partial charge is 0.302 e. The highest BCUT2D eigenvalue weighted by Gasteiger charge is 2.69. The molecule has 10 heteroatoms. The van der Waals surface area contributed by atoms with Crippen molar-refractivity contribution in [1.82, 2.24) is 0 Å². The van der Waals surface area contributed by atoms with E-state index in [1.165, 1.54) is 13.8 Å². The number of hydrogen-bond donors (Lipinski definition) is 2. The molecule has 0 bridgehead atoms. The number of ether oxygens (including phenoxy) is 2. The number of fused-ring (bicyclic) bond motifs is 10. The van der Waals surface area contributed by atoms with Crippen molar-refractivity contribution in [1.29, 1.82) is 0 Å². The number of aliphatic hydroxyl groups excluding tert-OH is 2. The number of hydrogen-bond acceptors (Lipinski definition) is 6. The van der Waals surface area contributed by atoms with Crippen molar-refractivity contribution < 1.29 is 46.8 Å². The van der Waals surface area contributed by atoms with E-state index in [-0.39, 0.29) is 102 Å². The van der Waals surface area contributed by atoms with Gasteiger partial charge in [0, 0.05) is 43.9 Å². The van der Waals surface area contributed by atoms with Gasteiger partial charge in [0.2, 0.25) is 0 Å². The first-order chi connectivity index (χ1) is 24.2. The molecule has 2 N–H and O–H groups in total. The van der Waals surface area contributed by atoms with Crippen LogP contribution in [0.4, 0.5) is 17.6 Å². The van der Waals surface area contributed by atoms with Crippen molar-refractivity contribution >= 4 is 11.9 Å². The molecule has 8 rings (SSSR count). The van der Waals surface area contributed by atoms with E-state index in [9.17, 15) is 19.8 Å². The number of aliphatic hydroxyl groups is 2. The molecule has 0 aliphatic heterocycles. The summed E-state index contributed by atoms with van der Waals surface area (Å²) in [6.07, 6.45) is 8.84. The molecule has 16 atom stereocenters. The molecule has 52 heavy (non-hydrogen) atoms. The second kappa shape index (κ2) is 13.1. The molecule has 0 aromatic rings. The highest BCUT2D eigenvalue weighted by atomic mass is 19.3. The van der Waals surface area contributed by atoms with Gasteiger partial charge < -0.3 is 19.7 Å². The summed E-state index contributed by atoms with van der Waals surface area (Å²) in [5, 5.41) is 20.4. The van der Waals surface area contributed by atoms with E-state index < -0.39 is 35.2 Å². The lowest BCUT2D eigenvalue weighted by Gasteiger charge is -2.62. The second-order valence-corrected chi connectivity index (χ2v) is 20.1. The van der Waals surface area contributed by atoms with E-state index in [1.54, 1.807) is 0 Å². The predicted molar refractivity (Wildman–Crippen MR) is 187 cm³/mol. The van der Waals surface area contributed by atoms with Gasteiger partial charge in [0.05, 0.1) is 12.2 Å². The average Bonchev–Trinajstić information content (AvgIpc) is 3.53. The highest BCUT2D eigenvalue weighted by Crippen LogP contribution is 2.71. The standard InChI is InChI=1S/C23H34F2O4.C19H30F2O2/c1-13(26)28-15-7-9-21(3)18-8-10-22(4)17(5-6-20(22)29-14(2)27)16(18)12-23(24,25)19(21)11-15;1-17-7-5-11(22)9-15(17)19(20,21)10-12-13-3-4-16(23)18(13,2)8-6-14(12)17/h15-20H,5-12H2,1-4H3;11-16,22-23H,3-10H2,1-2H3/t15-,16+,17?,18?,19+,20+,21-,22+;11-,12+,13?,14?,15+,16+,17-,18+/m11/s1. The summed E-state index contributed by atoms with van der Waals surface area (Å²) in [5.41, 5.74) is -1.12. The Labute approximate surface area is 307 Å². The molecular formula is C42H64F4O6. The van der Waals surface area contributed by atoms with Crippen LogP contribution in [0.2, 0.25) is 0 Å². The maximum absolute atomic E-state index is 15.5. The molecule has 8 aliphatic rings. The Morgan fingerprint density at radius 2 is 1.02 bits per heavy atom. The maximum Gasteiger partial charge on any atom is 0.302 e. The summed E-state index contributed by atoms with van der Waals surface area (Å²) in [7, 11) is 0. The predicted octanol–water partition coefficient (Wildman–Crippen LogP) is 9.13. The van der Waals surface area contributed by atoms with E-state index in [1.807, 2.05) is 0 Å². The van der Waals surface area contributed by atoms with Crippen LogP contribution in [0.25, 0.3) is 0 Å². The van der Waals surface area contributed by atoms with Crippen LogP contribution in [0.5, 0.6) is 0 Å². The zero-order valence-corrected chi connectivity index (χ0v) is 32.3. The Hall–Kier alpha value is -1.42. The number of carbonyl (C=O) groups excluding carboxylic acids is 2. The van der Waals surface area contributed by atoms with Gasteiger partial charge in [-0.05, 0) is 142 Å². The van der Waals surface area contributed by atoms with Gasteiger partial charge in [0.25, 0.3) is 11.8 Å². The number of carbonyl (C=O) groups is 2. The lowest BCUT2D eigenvalue weighted by atomic mass is 9.44. The first-order valence-electron chi connectivity index (χ1n) is 20.6. The zero-order chi connectivity index (χ0) is 37.8. The van der Waals surface area contributed by atoms with Crippen LogP contribution in [0.3, 0.4) is 0 Å². The Morgan fingerprint density at radius 3 is 1.60 bits per heavy atom. The van der Waals surface area contributed by atoms with Gasteiger partial charge in [-0.15, -0.1) is 0 Å². The van der Waals surface area contributed by atoms with Gasteiger partial charge in [-0.25, -0.2) is 17.6 Å². The van der Waals surface area contributed by atoms with Crippen LogP contribution in [0.1, 0.15) is 144 Å². The van der Waals surface area contributed by atoms with Gasteiger partial charge in [-0.3, -0.25) is 9.59 Å². The summed E-state index contributed by atoms with van der Waals surface area (Å²) in [6.45, 7) is 11.2. The molecule has 8 aliphatic carbocycles. The van der Waals surface area contributed by atoms with Gasteiger partial charge >= 0.3 is 11.9 Å². The minimum atomic E-state index is -2.76. The van der Waals surface area contributed by atoms with Crippen LogP contribution in [-0.4, -0.2) is 58.4 Å². The Kier molecular flexibility index (Phi) is 9.77. The van der Waals surface area contributed by atoms with E-state index in [0.717, 1.165) is 57.8 Å². The van der Waals surface area contributed by atoms with Crippen molar-refractivity contribution in [2.45, 2.75) is 181 Å². The molecule has 4 unspecified atom stereocenters. The summed E-state index contributed by atoms with van der Waals surface area (Å²) in [6, 6.07) is 0. The monoisotopic (exact) mass is 740 g/mol. The third-order valence-electron chi connectivity index (χ3n) is 17.7. The fourth-order valence-corrected chi connectivity index (χ4v) is 15.2. The lowest BCUT2D eigenvalue weighted by molar-refractivity contribution is -0.239. The summed E-state index contributed by atoms with van der Waals surface area (Å²) >= 11 is 0. The number of rotatable bonds is 2. The molecular weight excluding hydrogens is 676 g/mol. The minimum Gasteiger partial charge on any atom is -0.463 e. The van der Waals surface area contributed by atoms with Crippen molar-refractivity contribution in [3.63, 3.8) is 0 Å². The normalized spacial score (nSPS) is 52.5. The topological polar surface area (TPSA) is 93.1 Å². The van der Waals surface area contributed by atoms with Crippen LogP contribution in [0.15, 0.2) is 0 Å². The molecule has 8 fully saturated rings. The maximum atomic E-state index is 15.5. The molecule has 0 aromatic carbocycles. The minimum absolute atomic E-state index is 0.0301. The van der Waals surface area contributed by atoms with Gasteiger partial charge in [0.1, 0.15) is 12.2 Å². The Balaban J connectivity index is 0.000000166. The molecule has 0 saturated heterocycles. The number of alkyl halides is 4. The second-order valence-electron chi connectivity index (χ2n) is 20.1. The molecule has 8 saturated carbocycles.